The third-order valence-electron chi connectivity index (χ3n) is 4.43. The monoisotopic (exact) mass is 347 g/mol. The maximum Gasteiger partial charge on any atom is 0.246 e. The second-order valence-electron chi connectivity index (χ2n) is 5.93. The zero-order valence-corrected chi connectivity index (χ0v) is 14.3. The maximum atomic E-state index is 13.1. The summed E-state index contributed by atoms with van der Waals surface area (Å²) in [4.78, 5) is 15.3. The predicted molar refractivity (Wildman–Crippen MR) is 99.7 cm³/mol. The quantitative estimate of drug-likeness (QED) is 0.670. The van der Waals surface area contributed by atoms with E-state index in [1.54, 1.807) is 4.90 Å². The molecule has 0 bridgehead atoms. The first-order valence-corrected chi connectivity index (χ1v) is 9.37. The highest BCUT2D eigenvalue weighted by Gasteiger charge is 2.52. The minimum Gasteiger partial charge on any atom is -0.302 e. The Labute approximate surface area is 149 Å². The normalized spacial score (nSPS) is 20.8. The summed E-state index contributed by atoms with van der Waals surface area (Å²) in [5.41, 5.74) is 1.84. The molecule has 0 spiro atoms. The average molecular weight is 347 g/mol. The lowest BCUT2D eigenvalue weighted by molar-refractivity contribution is -0.123. The molecule has 1 saturated heterocycles. The van der Waals surface area contributed by atoms with Crippen LogP contribution in [0.1, 0.15) is 11.6 Å². The summed E-state index contributed by atoms with van der Waals surface area (Å²) >= 11 is 0. The highest BCUT2D eigenvalue weighted by molar-refractivity contribution is 7.86. The van der Waals surface area contributed by atoms with Gasteiger partial charge in [-0.05, 0) is 29.8 Å². The number of hydrogen-bond donors (Lipinski definition) is 0. The summed E-state index contributed by atoms with van der Waals surface area (Å²) in [7, 11) is -1.39. The number of nitrogens with zero attached hydrogens (tertiary/aromatic N) is 1. The van der Waals surface area contributed by atoms with Crippen molar-refractivity contribution in [2.45, 2.75) is 16.2 Å². The number of hydrogen-bond acceptors (Lipinski definition) is 2. The minimum atomic E-state index is -1.39. The molecule has 1 aliphatic heterocycles. The van der Waals surface area contributed by atoms with E-state index in [-0.39, 0.29) is 11.9 Å². The number of rotatable bonds is 4. The van der Waals surface area contributed by atoms with E-state index in [0.717, 1.165) is 11.3 Å². The number of para-hydroxylation sites is 1. The van der Waals surface area contributed by atoms with Gasteiger partial charge in [0.1, 0.15) is 5.25 Å². The number of β-lactam (4-membered cyclic amide) rings is 1. The van der Waals surface area contributed by atoms with Crippen molar-refractivity contribution >= 4 is 22.4 Å². The zero-order valence-electron chi connectivity index (χ0n) is 13.5. The Kier molecular flexibility index (Phi) is 4.20. The summed E-state index contributed by atoms with van der Waals surface area (Å²) in [6.07, 6.45) is 0. The van der Waals surface area contributed by atoms with Crippen LogP contribution in [0.25, 0.3) is 0 Å². The van der Waals surface area contributed by atoms with Gasteiger partial charge in [0, 0.05) is 10.6 Å². The molecule has 3 atom stereocenters. The lowest BCUT2D eigenvalue weighted by Crippen LogP contribution is -2.60. The Hall–Kier alpha value is -2.72. The molecule has 3 nitrogen and oxygen atoms in total. The molecule has 0 aliphatic carbocycles. The Morgan fingerprint density at radius 3 is 1.84 bits per heavy atom. The summed E-state index contributed by atoms with van der Waals surface area (Å²) < 4.78 is 13.1. The Bertz CT molecular complexity index is 897. The first kappa shape index (κ1) is 15.8. The molecule has 0 aromatic heterocycles. The van der Waals surface area contributed by atoms with Crippen molar-refractivity contribution in [1.29, 1.82) is 0 Å². The van der Waals surface area contributed by atoms with Crippen LogP contribution in [0.2, 0.25) is 0 Å². The van der Waals surface area contributed by atoms with Gasteiger partial charge in [-0.1, -0.05) is 66.7 Å². The Morgan fingerprint density at radius 2 is 1.24 bits per heavy atom. The fraction of sp³-hybridized carbons (Fsp3) is 0.0952. The van der Waals surface area contributed by atoms with E-state index in [4.69, 9.17) is 0 Å². The van der Waals surface area contributed by atoms with Crippen molar-refractivity contribution in [3.8, 4) is 0 Å². The molecule has 4 heteroatoms. The van der Waals surface area contributed by atoms with Crippen molar-refractivity contribution in [3.05, 3.63) is 96.6 Å². The molecule has 1 unspecified atom stereocenters. The average Bonchev–Trinajstić information content (AvgIpc) is 2.68. The molecule has 1 aliphatic rings. The number of benzene rings is 3. The topological polar surface area (TPSA) is 37.4 Å². The van der Waals surface area contributed by atoms with Gasteiger partial charge in [0.25, 0.3) is 0 Å². The second kappa shape index (κ2) is 6.65. The maximum absolute atomic E-state index is 13.1. The molecule has 124 valence electrons. The van der Waals surface area contributed by atoms with E-state index in [1.807, 2.05) is 91.0 Å². The van der Waals surface area contributed by atoms with E-state index in [2.05, 4.69) is 0 Å². The molecular weight excluding hydrogens is 330 g/mol. The number of carbonyl (C=O) groups excluding carboxylic acids is 1. The van der Waals surface area contributed by atoms with E-state index in [1.165, 1.54) is 0 Å². The van der Waals surface area contributed by atoms with Crippen LogP contribution in [0.4, 0.5) is 5.69 Å². The smallest absolute Gasteiger partial charge is 0.246 e. The van der Waals surface area contributed by atoms with E-state index < -0.39 is 16.0 Å². The lowest BCUT2D eigenvalue weighted by Gasteiger charge is -2.46. The molecular formula is C21H17NO2S. The Morgan fingerprint density at radius 1 is 0.720 bits per heavy atom. The van der Waals surface area contributed by atoms with Gasteiger partial charge >= 0.3 is 0 Å². The predicted octanol–water partition coefficient (Wildman–Crippen LogP) is 3.95. The summed E-state index contributed by atoms with van der Waals surface area (Å²) in [5.74, 6) is -0.0951. The van der Waals surface area contributed by atoms with E-state index in [9.17, 15) is 9.00 Å². The van der Waals surface area contributed by atoms with Crippen molar-refractivity contribution in [2.75, 3.05) is 4.90 Å². The van der Waals surface area contributed by atoms with Crippen LogP contribution in [-0.4, -0.2) is 15.4 Å². The minimum absolute atomic E-state index is 0.0951. The third kappa shape index (κ3) is 2.79. The lowest BCUT2D eigenvalue weighted by atomic mass is 9.92. The highest BCUT2D eigenvalue weighted by atomic mass is 32.2. The van der Waals surface area contributed by atoms with Gasteiger partial charge in [0.2, 0.25) is 5.91 Å². The molecule has 4 rings (SSSR count). The number of carbonyl (C=O) groups is 1. The number of anilines is 1. The molecule has 0 saturated carbocycles. The fourth-order valence-corrected chi connectivity index (χ4v) is 4.75. The van der Waals surface area contributed by atoms with Crippen molar-refractivity contribution in [2.24, 2.45) is 0 Å². The van der Waals surface area contributed by atoms with Crippen LogP contribution in [-0.2, 0) is 15.6 Å². The SMILES string of the molecule is O=C1[C@H](S(=O)c2ccccc2)[C@@H](c2ccccc2)N1c1ccccc1. The van der Waals surface area contributed by atoms with Gasteiger partial charge in [-0.2, -0.15) is 0 Å². The second-order valence-corrected chi connectivity index (χ2v) is 7.50. The summed E-state index contributed by atoms with van der Waals surface area (Å²) in [5, 5.41) is -0.565. The Balaban J connectivity index is 1.74. The van der Waals surface area contributed by atoms with Crippen LogP contribution in [0.3, 0.4) is 0 Å². The van der Waals surface area contributed by atoms with Gasteiger partial charge < -0.3 is 4.90 Å². The van der Waals surface area contributed by atoms with Gasteiger partial charge in [-0.15, -0.1) is 0 Å². The van der Waals surface area contributed by atoms with E-state index in [0.29, 0.717) is 4.90 Å². The molecule has 3 aromatic rings. The van der Waals surface area contributed by atoms with E-state index >= 15 is 0 Å². The molecule has 1 fully saturated rings. The fourth-order valence-electron chi connectivity index (χ4n) is 3.22. The molecule has 1 heterocycles. The zero-order chi connectivity index (χ0) is 17.2. The summed E-state index contributed by atoms with van der Waals surface area (Å²) in [6.45, 7) is 0. The van der Waals surface area contributed by atoms with Crippen molar-refractivity contribution < 1.29 is 9.00 Å². The first-order chi connectivity index (χ1) is 12.3. The molecule has 3 aromatic carbocycles. The van der Waals surface area contributed by atoms with Crippen LogP contribution < -0.4 is 4.90 Å². The molecule has 1 amide bonds. The molecule has 0 N–H and O–H groups in total. The van der Waals surface area contributed by atoms with Crippen LogP contribution in [0.15, 0.2) is 95.9 Å². The number of amides is 1. The van der Waals surface area contributed by atoms with Gasteiger partial charge in [0.15, 0.2) is 0 Å². The van der Waals surface area contributed by atoms with Crippen LogP contribution >= 0.6 is 0 Å². The van der Waals surface area contributed by atoms with Gasteiger partial charge in [0.05, 0.1) is 16.8 Å². The third-order valence-corrected chi connectivity index (χ3v) is 6.08. The summed E-state index contributed by atoms with van der Waals surface area (Å²) in [6, 6.07) is 28.4. The molecule has 25 heavy (non-hydrogen) atoms. The van der Waals surface area contributed by atoms with Gasteiger partial charge in [-0.25, -0.2) is 0 Å². The highest BCUT2D eigenvalue weighted by Crippen LogP contribution is 2.42. The largest absolute Gasteiger partial charge is 0.302 e. The molecule has 0 radical (unpaired) electrons. The van der Waals surface area contributed by atoms with Gasteiger partial charge in [-0.3, -0.25) is 9.00 Å². The van der Waals surface area contributed by atoms with Crippen LogP contribution in [0, 0.1) is 0 Å². The standard InChI is InChI=1S/C21H17NO2S/c23-21-20(25(24)18-14-8-3-9-15-18)19(16-10-4-1-5-11-16)22(21)17-12-6-2-7-13-17/h1-15,19-20H/t19-,20-,25?/m1/s1. The van der Waals surface area contributed by atoms with Crippen molar-refractivity contribution in [1.82, 2.24) is 0 Å². The first-order valence-electron chi connectivity index (χ1n) is 8.16. The van der Waals surface area contributed by atoms with Crippen LogP contribution in [0.5, 0.6) is 0 Å². The van der Waals surface area contributed by atoms with Crippen molar-refractivity contribution in [3.63, 3.8) is 0 Å².